The smallest absolute Gasteiger partial charge is 0.209 e. The predicted octanol–water partition coefficient (Wildman–Crippen LogP) is 7.03. The molecule has 3 aliphatic rings. The number of piperidine rings is 1. The van der Waals surface area contributed by atoms with Gasteiger partial charge < -0.3 is 10.2 Å². The van der Waals surface area contributed by atoms with E-state index in [9.17, 15) is 4.79 Å². The van der Waals surface area contributed by atoms with Gasteiger partial charge in [-0.05, 0) is 95.5 Å². The normalized spacial score (nSPS) is 19.8. The van der Waals surface area contributed by atoms with Crippen LogP contribution in [-0.2, 0) is 17.6 Å². The highest BCUT2D eigenvalue weighted by Gasteiger charge is 2.34. The number of nitrogens with zero attached hydrogens (tertiary/aromatic N) is 3. The average Bonchev–Trinajstić information content (AvgIpc) is 3.07. The third-order valence-electron chi connectivity index (χ3n) is 7.24. The van der Waals surface area contributed by atoms with E-state index in [1.54, 1.807) is 4.90 Å². The molecule has 0 spiro atoms. The highest BCUT2D eigenvalue weighted by Crippen LogP contribution is 2.42. The molecule has 1 unspecified atom stereocenters. The van der Waals surface area contributed by atoms with Gasteiger partial charge in [0.1, 0.15) is 0 Å². The van der Waals surface area contributed by atoms with E-state index >= 15 is 0 Å². The lowest BCUT2D eigenvalue weighted by Crippen LogP contribution is -2.42. The second-order valence-corrected chi connectivity index (χ2v) is 12.3. The maximum Gasteiger partial charge on any atom is 0.209 e. The SMILES string of the molecule is CCC.CCC1CCN(C2c3ncc(Br)cc3CCc3cc(Cl)cc(Br)c32)CC1.O=CN1CCNCC1. The minimum atomic E-state index is 0.208. The number of fused-ring (bicyclic) bond motifs is 2. The summed E-state index contributed by atoms with van der Waals surface area (Å²) in [5, 5.41) is 3.95. The van der Waals surface area contributed by atoms with Crippen molar-refractivity contribution in [2.45, 2.75) is 65.3 Å². The predicted molar refractivity (Wildman–Crippen MR) is 161 cm³/mol. The van der Waals surface area contributed by atoms with Gasteiger partial charge in [0, 0.05) is 46.3 Å². The number of piperazine rings is 1. The van der Waals surface area contributed by atoms with Crippen molar-refractivity contribution >= 4 is 49.9 Å². The van der Waals surface area contributed by atoms with Crippen molar-refractivity contribution in [2.24, 2.45) is 5.92 Å². The summed E-state index contributed by atoms with van der Waals surface area (Å²) in [6.45, 7) is 12.4. The van der Waals surface area contributed by atoms with E-state index in [1.807, 2.05) is 12.3 Å². The first-order valence-electron chi connectivity index (χ1n) is 13.7. The standard InChI is InChI=1S/C21H23Br2ClN2.C5H10N2O.C3H8/c1-2-13-5-7-26(8-6-13)21-19-14(10-17(24)11-18(19)23)3-4-15-9-16(22)12-25-20(15)21;8-5-7-3-1-6-2-4-7;1-3-2/h9-13,21H,2-8H2,1H3;5-6H,1-4H2;3H2,1-2H3. The monoisotopic (exact) mass is 654 g/mol. The van der Waals surface area contributed by atoms with E-state index in [0.717, 1.165) is 78.4 Å². The van der Waals surface area contributed by atoms with Gasteiger partial charge in [0.05, 0.1) is 11.7 Å². The summed E-state index contributed by atoms with van der Waals surface area (Å²) >= 11 is 13.8. The Labute approximate surface area is 245 Å². The molecule has 8 heteroatoms. The van der Waals surface area contributed by atoms with Crippen molar-refractivity contribution in [1.82, 2.24) is 20.1 Å². The zero-order valence-electron chi connectivity index (χ0n) is 22.4. The Kier molecular flexibility index (Phi) is 12.9. The molecule has 5 rings (SSSR count). The molecule has 5 nitrogen and oxygen atoms in total. The molecule has 2 fully saturated rings. The number of nitrogens with one attached hydrogen (secondary N) is 1. The molecule has 37 heavy (non-hydrogen) atoms. The van der Waals surface area contributed by atoms with Gasteiger partial charge in [0.2, 0.25) is 6.41 Å². The number of carbonyl (C=O) groups excluding carboxylic acids is 1. The van der Waals surface area contributed by atoms with Crippen molar-refractivity contribution in [2.75, 3.05) is 39.3 Å². The van der Waals surface area contributed by atoms with E-state index < -0.39 is 0 Å². The minimum Gasteiger partial charge on any atom is -0.343 e. The van der Waals surface area contributed by atoms with Crippen LogP contribution in [0.15, 0.2) is 33.3 Å². The highest BCUT2D eigenvalue weighted by atomic mass is 79.9. The van der Waals surface area contributed by atoms with Gasteiger partial charge in [-0.2, -0.15) is 0 Å². The van der Waals surface area contributed by atoms with Crippen LogP contribution in [-0.4, -0.2) is 60.5 Å². The number of rotatable bonds is 3. The van der Waals surface area contributed by atoms with Crippen LogP contribution in [0.4, 0.5) is 0 Å². The second-order valence-electron chi connectivity index (χ2n) is 10.0. The quantitative estimate of drug-likeness (QED) is 0.361. The molecule has 1 N–H and O–H groups in total. The number of likely N-dealkylation sites (tertiary alicyclic amines) is 1. The fourth-order valence-electron chi connectivity index (χ4n) is 5.26. The Morgan fingerprint density at radius 2 is 1.68 bits per heavy atom. The van der Waals surface area contributed by atoms with E-state index in [0.29, 0.717) is 0 Å². The first-order chi connectivity index (χ1) is 17.9. The lowest BCUT2D eigenvalue weighted by Gasteiger charge is -2.38. The second kappa shape index (κ2) is 15.6. The molecule has 1 aliphatic carbocycles. The molecule has 204 valence electrons. The van der Waals surface area contributed by atoms with Crippen LogP contribution in [0.5, 0.6) is 0 Å². The third-order valence-corrected chi connectivity index (χ3v) is 8.54. The lowest BCUT2D eigenvalue weighted by molar-refractivity contribution is -0.118. The molecule has 1 amide bonds. The van der Waals surface area contributed by atoms with Crippen LogP contribution < -0.4 is 5.32 Å². The summed E-state index contributed by atoms with van der Waals surface area (Å²) in [7, 11) is 0. The zero-order chi connectivity index (χ0) is 26.8. The van der Waals surface area contributed by atoms with Crippen LogP contribution in [0.3, 0.4) is 0 Å². The van der Waals surface area contributed by atoms with Gasteiger partial charge in [-0.3, -0.25) is 14.7 Å². The van der Waals surface area contributed by atoms with Crippen LogP contribution in [0.1, 0.15) is 74.9 Å². The van der Waals surface area contributed by atoms with Gasteiger partial charge in [0.15, 0.2) is 0 Å². The summed E-state index contributed by atoms with van der Waals surface area (Å²) in [4.78, 5) is 19.4. The largest absolute Gasteiger partial charge is 0.343 e. The van der Waals surface area contributed by atoms with E-state index in [4.69, 9.17) is 16.6 Å². The maximum absolute atomic E-state index is 10.1. The molecular formula is C29H41Br2ClN4O. The Morgan fingerprint density at radius 1 is 1.03 bits per heavy atom. The van der Waals surface area contributed by atoms with Crippen molar-refractivity contribution < 1.29 is 4.79 Å². The molecule has 2 saturated heterocycles. The number of carbonyl (C=O) groups is 1. The van der Waals surface area contributed by atoms with Gasteiger partial charge in [-0.1, -0.05) is 61.1 Å². The van der Waals surface area contributed by atoms with Crippen molar-refractivity contribution in [3.63, 3.8) is 0 Å². The van der Waals surface area contributed by atoms with E-state index in [2.05, 4.69) is 75.0 Å². The number of aryl methyl sites for hydroxylation is 2. The molecule has 0 saturated carbocycles. The van der Waals surface area contributed by atoms with Crippen molar-refractivity contribution in [3.8, 4) is 0 Å². The number of hydrogen-bond donors (Lipinski definition) is 1. The number of aromatic nitrogens is 1. The molecule has 2 aromatic rings. The Bertz CT molecular complexity index is 1010. The molecule has 1 aromatic heterocycles. The molecule has 2 aliphatic heterocycles. The van der Waals surface area contributed by atoms with Gasteiger partial charge >= 0.3 is 0 Å². The van der Waals surface area contributed by atoms with Gasteiger partial charge in [-0.15, -0.1) is 0 Å². The Balaban J connectivity index is 0.000000290. The zero-order valence-corrected chi connectivity index (χ0v) is 26.3. The summed E-state index contributed by atoms with van der Waals surface area (Å²) < 4.78 is 2.17. The molecule has 3 heterocycles. The van der Waals surface area contributed by atoms with Crippen LogP contribution in [0.2, 0.25) is 5.02 Å². The minimum absolute atomic E-state index is 0.208. The van der Waals surface area contributed by atoms with Crippen molar-refractivity contribution in [1.29, 1.82) is 0 Å². The summed E-state index contributed by atoms with van der Waals surface area (Å²) in [5.41, 5.74) is 5.27. The first kappa shape index (κ1) is 30.6. The molecule has 1 aromatic carbocycles. The number of benzene rings is 1. The van der Waals surface area contributed by atoms with Crippen LogP contribution >= 0.6 is 43.5 Å². The van der Waals surface area contributed by atoms with Crippen LogP contribution in [0, 0.1) is 5.92 Å². The average molecular weight is 657 g/mol. The number of amides is 1. The summed E-state index contributed by atoms with van der Waals surface area (Å²) in [5.74, 6) is 0.863. The van der Waals surface area contributed by atoms with Gasteiger partial charge in [-0.25, -0.2) is 0 Å². The topological polar surface area (TPSA) is 48.5 Å². The number of hydrogen-bond acceptors (Lipinski definition) is 4. The molecular weight excluding hydrogens is 616 g/mol. The summed E-state index contributed by atoms with van der Waals surface area (Å²) in [6.07, 6.45) is 9.94. The van der Waals surface area contributed by atoms with E-state index in [1.165, 1.54) is 48.1 Å². The van der Waals surface area contributed by atoms with E-state index in [-0.39, 0.29) is 6.04 Å². The number of halogens is 3. The highest BCUT2D eigenvalue weighted by molar-refractivity contribution is 9.10. The summed E-state index contributed by atoms with van der Waals surface area (Å²) in [6, 6.07) is 6.64. The maximum atomic E-state index is 10.1. The fourth-order valence-corrected chi connectivity index (χ4v) is 6.73. The molecule has 0 bridgehead atoms. The lowest BCUT2D eigenvalue weighted by atomic mass is 9.90. The van der Waals surface area contributed by atoms with Crippen LogP contribution in [0.25, 0.3) is 0 Å². The third kappa shape index (κ3) is 8.50. The Morgan fingerprint density at radius 3 is 2.27 bits per heavy atom. The molecule has 1 atom stereocenters. The van der Waals surface area contributed by atoms with Gasteiger partial charge in [0.25, 0.3) is 0 Å². The van der Waals surface area contributed by atoms with Crippen molar-refractivity contribution in [3.05, 3.63) is 60.7 Å². The molecule has 0 radical (unpaired) electrons. The first-order valence-corrected chi connectivity index (χ1v) is 15.6. The number of pyridine rings is 1. The fraction of sp³-hybridized carbons (Fsp3) is 0.586. The Hall–Kier alpha value is -0.990.